The van der Waals surface area contributed by atoms with E-state index in [-0.39, 0.29) is 11.5 Å². The van der Waals surface area contributed by atoms with Gasteiger partial charge in [-0.2, -0.15) is 0 Å². The van der Waals surface area contributed by atoms with E-state index in [4.69, 9.17) is 9.47 Å². The monoisotopic (exact) mass is 326 g/mol. The van der Waals surface area contributed by atoms with Crippen LogP contribution in [0.5, 0.6) is 11.5 Å². The Labute approximate surface area is 124 Å². The van der Waals surface area contributed by atoms with Crippen LogP contribution >= 0.6 is 15.9 Å². The van der Waals surface area contributed by atoms with E-state index in [1.165, 1.54) is 0 Å². The van der Waals surface area contributed by atoms with Crippen LogP contribution < -0.4 is 9.47 Å². The third-order valence-corrected chi connectivity index (χ3v) is 5.63. The van der Waals surface area contributed by atoms with Gasteiger partial charge in [0.1, 0.15) is 6.10 Å². The lowest BCUT2D eigenvalue weighted by Crippen LogP contribution is -2.54. The summed E-state index contributed by atoms with van der Waals surface area (Å²) in [6.07, 6.45) is 3.46. The van der Waals surface area contributed by atoms with Gasteiger partial charge in [-0.1, -0.05) is 48.8 Å². The van der Waals surface area contributed by atoms with Crippen LogP contribution in [0.1, 0.15) is 40.0 Å². The van der Waals surface area contributed by atoms with E-state index < -0.39 is 0 Å². The predicted molar refractivity (Wildman–Crippen MR) is 82.4 cm³/mol. The largest absolute Gasteiger partial charge is 0.490 e. The van der Waals surface area contributed by atoms with Crippen LogP contribution in [0.4, 0.5) is 0 Å². The molecule has 2 rings (SSSR count). The number of para-hydroxylation sites is 2. The van der Waals surface area contributed by atoms with Gasteiger partial charge >= 0.3 is 0 Å². The molecule has 1 aliphatic carbocycles. The van der Waals surface area contributed by atoms with Gasteiger partial charge in [0, 0.05) is 10.2 Å². The summed E-state index contributed by atoms with van der Waals surface area (Å²) in [4.78, 5) is 0.554. The van der Waals surface area contributed by atoms with Crippen molar-refractivity contribution in [3.63, 3.8) is 0 Å². The van der Waals surface area contributed by atoms with Gasteiger partial charge in [0.15, 0.2) is 11.5 Å². The Hall–Kier alpha value is -0.700. The molecule has 0 bridgehead atoms. The summed E-state index contributed by atoms with van der Waals surface area (Å²) >= 11 is 3.75. The highest BCUT2D eigenvalue weighted by Crippen LogP contribution is 2.50. The van der Waals surface area contributed by atoms with Crippen molar-refractivity contribution in [1.82, 2.24) is 0 Å². The van der Waals surface area contributed by atoms with Crippen molar-refractivity contribution in [2.24, 2.45) is 5.41 Å². The quantitative estimate of drug-likeness (QED) is 0.698. The highest BCUT2D eigenvalue weighted by Gasteiger charge is 2.51. The molecule has 0 aromatic heterocycles. The fraction of sp³-hybridized carbons (Fsp3) is 0.625. The Kier molecular flexibility index (Phi) is 4.77. The number of rotatable bonds is 6. The second-order valence-corrected chi connectivity index (χ2v) is 6.57. The first kappa shape index (κ1) is 14.7. The molecule has 0 heterocycles. The first-order chi connectivity index (χ1) is 9.11. The van der Waals surface area contributed by atoms with Gasteiger partial charge in [-0.05, 0) is 31.4 Å². The van der Waals surface area contributed by atoms with Gasteiger partial charge in [0.2, 0.25) is 0 Å². The summed E-state index contributed by atoms with van der Waals surface area (Å²) in [7, 11) is 0. The minimum Gasteiger partial charge on any atom is -0.490 e. The van der Waals surface area contributed by atoms with Crippen molar-refractivity contribution in [3.8, 4) is 11.5 Å². The molecule has 1 saturated carbocycles. The van der Waals surface area contributed by atoms with Crippen LogP contribution in [0.3, 0.4) is 0 Å². The van der Waals surface area contributed by atoms with E-state index in [2.05, 4.69) is 36.7 Å². The van der Waals surface area contributed by atoms with Gasteiger partial charge in [0.05, 0.1) is 6.61 Å². The van der Waals surface area contributed by atoms with Crippen LogP contribution in [-0.2, 0) is 0 Å². The number of alkyl halides is 1. The molecular weight excluding hydrogens is 304 g/mol. The average Bonchev–Trinajstić information content (AvgIpc) is 2.45. The molecular formula is C16H23BrO2. The third-order valence-electron chi connectivity index (χ3n) is 4.21. The normalized spacial score (nSPS) is 29.7. The summed E-state index contributed by atoms with van der Waals surface area (Å²) < 4.78 is 11.9. The van der Waals surface area contributed by atoms with Gasteiger partial charge in [-0.25, -0.2) is 0 Å². The van der Waals surface area contributed by atoms with E-state index in [1.54, 1.807) is 0 Å². The second-order valence-electron chi connectivity index (χ2n) is 5.46. The van der Waals surface area contributed by atoms with Gasteiger partial charge < -0.3 is 9.47 Å². The number of ether oxygens (including phenoxy) is 2. The molecule has 19 heavy (non-hydrogen) atoms. The maximum absolute atomic E-state index is 6.20. The fourth-order valence-corrected chi connectivity index (χ4v) is 3.39. The Bertz CT molecular complexity index is 421. The van der Waals surface area contributed by atoms with Crippen LogP contribution in [0.2, 0.25) is 0 Å². The zero-order valence-corrected chi connectivity index (χ0v) is 13.6. The van der Waals surface area contributed by atoms with Gasteiger partial charge in [-0.15, -0.1) is 0 Å². The highest BCUT2D eigenvalue weighted by atomic mass is 79.9. The minimum absolute atomic E-state index is 0.220. The van der Waals surface area contributed by atoms with E-state index in [0.717, 1.165) is 37.4 Å². The molecule has 2 nitrogen and oxygen atoms in total. The molecule has 0 N–H and O–H groups in total. The van der Waals surface area contributed by atoms with Crippen LogP contribution in [0, 0.1) is 5.41 Å². The summed E-state index contributed by atoms with van der Waals surface area (Å²) in [5, 5.41) is 0. The van der Waals surface area contributed by atoms with Crippen molar-refractivity contribution < 1.29 is 9.47 Å². The van der Waals surface area contributed by atoms with Crippen LogP contribution in [0.25, 0.3) is 0 Å². The molecule has 3 atom stereocenters. The fourth-order valence-electron chi connectivity index (χ4n) is 2.43. The Morgan fingerprint density at radius 1 is 1.26 bits per heavy atom. The molecule has 0 radical (unpaired) electrons. The van der Waals surface area contributed by atoms with E-state index in [0.29, 0.717) is 4.83 Å². The van der Waals surface area contributed by atoms with Crippen LogP contribution in [0.15, 0.2) is 24.3 Å². The van der Waals surface area contributed by atoms with Crippen molar-refractivity contribution in [3.05, 3.63) is 24.3 Å². The molecule has 3 unspecified atom stereocenters. The molecule has 106 valence electrons. The SMILES string of the molecule is CCCOc1ccccc1OC1CC(Br)C1(C)CC. The summed E-state index contributed by atoms with van der Waals surface area (Å²) in [6.45, 7) is 7.36. The molecule has 0 amide bonds. The predicted octanol–water partition coefficient (Wildman–Crippen LogP) is 4.81. The lowest BCUT2D eigenvalue weighted by Gasteiger charge is -2.50. The number of halogens is 1. The van der Waals surface area contributed by atoms with E-state index in [9.17, 15) is 0 Å². The smallest absolute Gasteiger partial charge is 0.161 e. The molecule has 0 saturated heterocycles. The number of benzene rings is 1. The molecule has 1 aromatic rings. The molecule has 0 aliphatic heterocycles. The first-order valence-corrected chi connectivity index (χ1v) is 8.06. The second kappa shape index (κ2) is 6.17. The molecule has 1 fully saturated rings. The average molecular weight is 327 g/mol. The lowest BCUT2D eigenvalue weighted by atomic mass is 9.65. The van der Waals surface area contributed by atoms with E-state index >= 15 is 0 Å². The first-order valence-electron chi connectivity index (χ1n) is 7.14. The third kappa shape index (κ3) is 2.91. The standard InChI is InChI=1S/C16H23BrO2/c1-4-10-18-12-8-6-7-9-13(12)19-15-11-14(17)16(15,3)5-2/h6-9,14-15H,4-5,10-11H2,1-3H3. The van der Waals surface area contributed by atoms with Gasteiger partial charge in [0.25, 0.3) is 0 Å². The van der Waals surface area contributed by atoms with E-state index in [1.807, 2.05) is 24.3 Å². The lowest BCUT2D eigenvalue weighted by molar-refractivity contribution is -0.0258. The van der Waals surface area contributed by atoms with Crippen molar-refractivity contribution in [1.29, 1.82) is 0 Å². The summed E-state index contributed by atoms with van der Waals surface area (Å²) in [5.74, 6) is 1.74. The summed E-state index contributed by atoms with van der Waals surface area (Å²) in [6, 6.07) is 7.98. The topological polar surface area (TPSA) is 18.5 Å². The Balaban J connectivity index is 2.07. The maximum atomic E-state index is 6.20. The zero-order valence-electron chi connectivity index (χ0n) is 12.0. The maximum Gasteiger partial charge on any atom is 0.161 e. The van der Waals surface area contributed by atoms with Crippen molar-refractivity contribution in [2.75, 3.05) is 6.61 Å². The highest BCUT2D eigenvalue weighted by molar-refractivity contribution is 9.09. The number of hydrogen-bond acceptors (Lipinski definition) is 2. The minimum atomic E-state index is 0.220. The molecule has 1 aromatic carbocycles. The Morgan fingerprint density at radius 3 is 2.53 bits per heavy atom. The van der Waals surface area contributed by atoms with Crippen molar-refractivity contribution in [2.45, 2.75) is 51.0 Å². The molecule has 1 aliphatic rings. The van der Waals surface area contributed by atoms with Crippen molar-refractivity contribution >= 4 is 15.9 Å². The molecule has 3 heteroatoms. The summed E-state index contributed by atoms with van der Waals surface area (Å²) in [5.41, 5.74) is 0.220. The van der Waals surface area contributed by atoms with Crippen LogP contribution in [-0.4, -0.2) is 17.5 Å². The molecule has 0 spiro atoms. The number of hydrogen-bond donors (Lipinski definition) is 0. The zero-order chi connectivity index (χ0) is 13.9. The van der Waals surface area contributed by atoms with Gasteiger partial charge in [-0.3, -0.25) is 0 Å². The Morgan fingerprint density at radius 2 is 1.95 bits per heavy atom.